The SMILES string of the molecule is CC(C)(NC(=O)/C=C/c1cccc(C#N)c1)C(=O)O. The van der Waals surface area contributed by atoms with E-state index in [1.807, 2.05) is 6.07 Å². The van der Waals surface area contributed by atoms with Crippen molar-refractivity contribution in [2.45, 2.75) is 19.4 Å². The third-order valence-corrected chi connectivity index (χ3v) is 2.41. The topological polar surface area (TPSA) is 90.2 Å². The molecular weight excluding hydrogens is 244 g/mol. The molecule has 1 aromatic carbocycles. The van der Waals surface area contributed by atoms with E-state index >= 15 is 0 Å². The third kappa shape index (κ3) is 4.28. The monoisotopic (exact) mass is 258 g/mol. The minimum Gasteiger partial charge on any atom is -0.480 e. The highest BCUT2D eigenvalue weighted by Crippen LogP contribution is 2.07. The number of nitriles is 1. The first-order chi connectivity index (χ1) is 8.85. The lowest BCUT2D eigenvalue weighted by atomic mass is 10.1. The maximum Gasteiger partial charge on any atom is 0.328 e. The Morgan fingerprint density at radius 1 is 1.42 bits per heavy atom. The second-order valence-corrected chi connectivity index (χ2v) is 4.49. The zero-order chi connectivity index (χ0) is 14.5. The number of hydrogen-bond acceptors (Lipinski definition) is 3. The number of aliphatic carboxylic acids is 1. The Labute approximate surface area is 111 Å². The lowest BCUT2D eigenvalue weighted by Gasteiger charge is -2.19. The van der Waals surface area contributed by atoms with Crippen LogP contribution in [0.4, 0.5) is 0 Å². The first-order valence-electron chi connectivity index (χ1n) is 5.59. The number of carboxylic acid groups (broad SMARTS) is 1. The van der Waals surface area contributed by atoms with E-state index in [1.165, 1.54) is 26.0 Å². The number of carbonyl (C=O) groups excluding carboxylic acids is 1. The van der Waals surface area contributed by atoms with Crippen molar-refractivity contribution in [3.63, 3.8) is 0 Å². The summed E-state index contributed by atoms with van der Waals surface area (Å²) in [6.07, 6.45) is 2.76. The number of carboxylic acids is 1. The summed E-state index contributed by atoms with van der Waals surface area (Å²) in [6.45, 7) is 2.80. The molecule has 5 heteroatoms. The van der Waals surface area contributed by atoms with Gasteiger partial charge in [-0.25, -0.2) is 4.79 Å². The summed E-state index contributed by atoms with van der Waals surface area (Å²) >= 11 is 0. The zero-order valence-corrected chi connectivity index (χ0v) is 10.7. The van der Waals surface area contributed by atoms with Gasteiger partial charge in [-0.3, -0.25) is 4.79 Å². The standard InChI is InChI=1S/C14H14N2O3/c1-14(2,13(18)19)16-12(17)7-6-10-4-3-5-11(8-10)9-15/h3-8H,1-2H3,(H,16,17)(H,18,19)/b7-6+. The molecule has 0 aromatic heterocycles. The van der Waals surface area contributed by atoms with E-state index in [2.05, 4.69) is 5.32 Å². The summed E-state index contributed by atoms with van der Waals surface area (Å²) < 4.78 is 0. The average Bonchev–Trinajstić information content (AvgIpc) is 2.36. The molecule has 0 heterocycles. The van der Waals surface area contributed by atoms with E-state index in [9.17, 15) is 9.59 Å². The van der Waals surface area contributed by atoms with E-state index in [0.29, 0.717) is 11.1 Å². The van der Waals surface area contributed by atoms with Gasteiger partial charge in [0.25, 0.3) is 0 Å². The number of nitrogens with one attached hydrogen (secondary N) is 1. The maximum atomic E-state index is 11.6. The molecular formula is C14H14N2O3. The van der Waals surface area contributed by atoms with Gasteiger partial charge in [-0.2, -0.15) is 5.26 Å². The molecule has 0 aliphatic rings. The number of hydrogen-bond donors (Lipinski definition) is 2. The fourth-order valence-electron chi connectivity index (χ4n) is 1.29. The predicted molar refractivity (Wildman–Crippen MR) is 70.0 cm³/mol. The summed E-state index contributed by atoms with van der Waals surface area (Å²) in [5.41, 5.74) is -0.133. The van der Waals surface area contributed by atoms with Gasteiger partial charge < -0.3 is 10.4 Å². The van der Waals surface area contributed by atoms with Crippen molar-refractivity contribution >= 4 is 18.0 Å². The fourth-order valence-corrected chi connectivity index (χ4v) is 1.29. The van der Waals surface area contributed by atoms with Crippen LogP contribution in [-0.4, -0.2) is 22.5 Å². The third-order valence-electron chi connectivity index (χ3n) is 2.41. The Morgan fingerprint density at radius 2 is 2.11 bits per heavy atom. The Bertz CT molecular complexity index is 568. The van der Waals surface area contributed by atoms with Crippen LogP contribution in [-0.2, 0) is 9.59 Å². The molecule has 2 N–H and O–H groups in total. The van der Waals surface area contributed by atoms with E-state index < -0.39 is 17.4 Å². The minimum absolute atomic E-state index is 0.494. The number of amides is 1. The maximum absolute atomic E-state index is 11.6. The molecule has 98 valence electrons. The Kier molecular flexibility index (Phi) is 4.43. The largest absolute Gasteiger partial charge is 0.480 e. The van der Waals surface area contributed by atoms with Crippen LogP contribution < -0.4 is 5.32 Å². The lowest BCUT2D eigenvalue weighted by Crippen LogP contribution is -2.49. The van der Waals surface area contributed by atoms with Crippen molar-refractivity contribution in [1.82, 2.24) is 5.32 Å². The van der Waals surface area contributed by atoms with Crippen LogP contribution in [0.5, 0.6) is 0 Å². The van der Waals surface area contributed by atoms with Gasteiger partial charge in [0.1, 0.15) is 5.54 Å². The molecule has 0 aliphatic carbocycles. The van der Waals surface area contributed by atoms with Crippen molar-refractivity contribution in [1.29, 1.82) is 5.26 Å². The number of benzene rings is 1. The molecule has 1 amide bonds. The van der Waals surface area contributed by atoms with Gasteiger partial charge in [0.05, 0.1) is 11.6 Å². The Hall–Kier alpha value is -2.61. The molecule has 0 bridgehead atoms. The van der Waals surface area contributed by atoms with Crippen LogP contribution >= 0.6 is 0 Å². The highest BCUT2D eigenvalue weighted by Gasteiger charge is 2.27. The number of nitrogens with zero attached hydrogens (tertiary/aromatic N) is 1. The quantitative estimate of drug-likeness (QED) is 0.802. The fraction of sp³-hybridized carbons (Fsp3) is 0.214. The molecule has 0 fully saturated rings. The van der Waals surface area contributed by atoms with E-state index in [1.54, 1.807) is 24.3 Å². The van der Waals surface area contributed by atoms with Gasteiger partial charge in [0.15, 0.2) is 0 Å². The normalized spacial score (nSPS) is 11.0. The average molecular weight is 258 g/mol. The minimum atomic E-state index is -1.32. The van der Waals surface area contributed by atoms with Crippen LogP contribution in [0.3, 0.4) is 0 Å². The van der Waals surface area contributed by atoms with Crippen LogP contribution in [0.25, 0.3) is 6.08 Å². The molecule has 0 atom stereocenters. The van der Waals surface area contributed by atoms with Crippen LogP contribution in [0, 0.1) is 11.3 Å². The van der Waals surface area contributed by atoms with Gasteiger partial charge in [0, 0.05) is 6.08 Å². The van der Waals surface area contributed by atoms with Crippen molar-refractivity contribution < 1.29 is 14.7 Å². The van der Waals surface area contributed by atoms with Crippen LogP contribution in [0.15, 0.2) is 30.3 Å². The van der Waals surface area contributed by atoms with Gasteiger partial charge >= 0.3 is 5.97 Å². The van der Waals surface area contributed by atoms with Gasteiger partial charge in [-0.1, -0.05) is 12.1 Å². The van der Waals surface area contributed by atoms with Crippen LogP contribution in [0.2, 0.25) is 0 Å². The highest BCUT2D eigenvalue weighted by molar-refractivity contribution is 5.95. The van der Waals surface area contributed by atoms with E-state index in [4.69, 9.17) is 10.4 Å². The first-order valence-corrected chi connectivity index (χ1v) is 5.59. The lowest BCUT2D eigenvalue weighted by molar-refractivity contribution is -0.145. The molecule has 5 nitrogen and oxygen atoms in total. The van der Waals surface area contributed by atoms with E-state index in [-0.39, 0.29) is 0 Å². The summed E-state index contributed by atoms with van der Waals surface area (Å²) in [5.74, 6) is -1.62. The van der Waals surface area contributed by atoms with Gasteiger partial charge in [0.2, 0.25) is 5.91 Å². The Morgan fingerprint density at radius 3 is 2.68 bits per heavy atom. The highest BCUT2D eigenvalue weighted by atomic mass is 16.4. The molecule has 1 rings (SSSR count). The zero-order valence-electron chi connectivity index (χ0n) is 10.7. The van der Waals surface area contributed by atoms with Crippen molar-refractivity contribution in [3.8, 4) is 6.07 Å². The molecule has 0 aliphatic heterocycles. The summed E-state index contributed by atoms with van der Waals surface area (Å²) in [4.78, 5) is 22.4. The van der Waals surface area contributed by atoms with Gasteiger partial charge in [-0.05, 0) is 37.6 Å². The second-order valence-electron chi connectivity index (χ2n) is 4.49. The number of rotatable bonds is 4. The van der Waals surface area contributed by atoms with Crippen molar-refractivity contribution in [2.75, 3.05) is 0 Å². The second kappa shape index (κ2) is 5.83. The van der Waals surface area contributed by atoms with Crippen molar-refractivity contribution in [2.24, 2.45) is 0 Å². The van der Waals surface area contributed by atoms with Gasteiger partial charge in [-0.15, -0.1) is 0 Å². The molecule has 19 heavy (non-hydrogen) atoms. The molecule has 0 saturated heterocycles. The van der Waals surface area contributed by atoms with Crippen molar-refractivity contribution in [3.05, 3.63) is 41.5 Å². The molecule has 0 radical (unpaired) electrons. The summed E-state index contributed by atoms with van der Waals surface area (Å²) in [6, 6.07) is 8.73. The smallest absolute Gasteiger partial charge is 0.328 e. The summed E-state index contributed by atoms with van der Waals surface area (Å²) in [5, 5.41) is 20.0. The number of carbonyl (C=O) groups is 2. The van der Waals surface area contributed by atoms with Crippen LogP contribution in [0.1, 0.15) is 25.0 Å². The molecule has 0 saturated carbocycles. The molecule has 0 spiro atoms. The first kappa shape index (κ1) is 14.5. The Balaban J connectivity index is 2.74. The predicted octanol–water partition coefficient (Wildman–Crippen LogP) is 1.55. The summed E-state index contributed by atoms with van der Waals surface area (Å²) in [7, 11) is 0. The van der Waals surface area contributed by atoms with E-state index in [0.717, 1.165) is 0 Å². The molecule has 1 aromatic rings. The molecule has 0 unspecified atom stereocenters.